The van der Waals surface area contributed by atoms with Crippen molar-refractivity contribution in [2.75, 3.05) is 24.5 Å². The summed E-state index contributed by atoms with van der Waals surface area (Å²) in [6.07, 6.45) is 4.30. The van der Waals surface area contributed by atoms with Crippen molar-refractivity contribution in [2.45, 2.75) is 19.4 Å². The van der Waals surface area contributed by atoms with E-state index in [1.54, 1.807) is 12.5 Å². The lowest BCUT2D eigenvalue weighted by Gasteiger charge is -2.39. The first kappa shape index (κ1) is 10.6. The maximum absolute atomic E-state index is 6.09. The van der Waals surface area contributed by atoms with Crippen molar-refractivity contribution >= 4 is 17.4 Å². The molecule has 15 heavy (non-hydrogen) atoms. The fourth-order valence-corrected chi connectivity index (χ4v) is 1.93. The Morgan fingerprint density at radius 1 is 1.60 bits per heavy atom. The molecule has 1 fully saturated rings. The summed E-state index contributed by atoms with van der Waals surface area (Å²) in [6, 6.07) is 0.525. The molecule has 2 heterocycles. The van der Waals surface area contributed by atoms with Crippen molar-refractivity contribution in [1.82, 2.24) is 15.3 Å². The third-order valence-electron chi connectivity index (χ3n) is 2.59. The van der Waals surface area contributed by atoms with Gasteiger partial charge in [0.25, 0.3) is 0 Å². The van der Waals surface area contributed by atoms with Crippen LogP contribution in [0.3, 0.4) is 0 Å². The Morgan fingerprint density at radius 3 is 2.93 bits per heavy atom. The predicted molar refractivity (Wildman–Crippen MR) is 61.3 cm³/mol. The Balaban J connectivity index is 2.19. The second-order valence-electron chi connectivity index (χ2n) is 3.70. The number of nitrogens with one attached hydrogen (secondary N) is 1. The van der Waals surface area contributed by atoms with Gasteiger partial charge in [0.05, 0.1) is 12.2 Å². The highest BCUT2D eigenvalue weighted by Gasteiger charge is 2.26. The molecule has 5 heteroatoms. The standard InChI is InChI=1S/C10H15ClN4/c1-2-3-15(8-4-12-5-8)10-9(11)6-13-7-14-10/h6-8,12H,2-5H2,1H3. The molecule has 0 aliphatic carbocycles. The van der Waals surface area contributed by atoms with E-state index >= 15 is 0 Å². The summed E-state index contributed by atoms with van der Waals surface area (Å²) in [5.41, 5.74) is 0. The maximum Gasteiger partial charge on any atom is 0.151 e. The van der Waals surface area contributed by atoms with Gasteiger partial charge in [-0.15, -0.1) is 0 Å². The molecule has 0 amide bonds. The molecule has 4 nitrogen and oxygen atoms in total. The molecule has 0 radical (unpaired) electrons. The Morgan fingerprint density at radius 2 is 2.40 bits per heavy atom. The first-order valence-electron chi connectivity index (χ1n) is 5.25. The molecule has 1 N–H and O–H groups in total. The molecule has 0 aromatic carbocycles. The SMILES string of the molecule is CCCN(c1ncncc1Cl)C1CNC1. The smallest absolute Gasteiger partial charge is 0.151 e. The van der Waals surface area contributed by atoms with E-state index in [1.807, 2.05) is 0 Å². The summed E-state index contributed by atoms with van der Waals surface area (Å²) >= 11 is 6.09. The molecular formula is C10H15ClN4. The van der Waals surface area contributed by atoms with E-state index in [0.717, 1.165) is 31.9 Å². The number of rotatable bonds is 4. The number of halogens is 1. The first-order valence-corrected chi connectivity index (χ1v) is 5.63. The first-order chi connectivity index (χ1) is 7.33. The van der Waals surface area contributed by atoms with Crippen molar-refractivity contribution in [3.8, 4) is 0 Å². The van der Waals surface area contributed by atoms with Gasteiger partial charge in [-0.1, -0.05) is 18.5 Å². The van der Waals surface area contributed by atoms with Gasteiger partial charge in [0.2, 0.25) is 0 Å². The van der Waals surface area contributed by atoms with Crippen molar-refractivity contribution in [2.24, 2.45) is 0 Å². The zero-order valence-electron chi connectivity index (χ0n) is 8.78. The van der Waals surface area contributed by atoms with E-state index in [-0.39, 0.29) is 0 Å². The van der Waals surface area contributed by atoms with E-state index in [9.17, 15) is 0 Å². The molecule has 1 saturated heterocycles. The molecule has 1 aliphatic heterocycles. The number of hydrogen-bond acceptors (Lipinski definition) is 4. The van der Waals surface area contributed by atoms with Crippen molar-refractivity contribution in [3.05, 3.63) is 17.5 Å². The molecule has 0 unspecified atom stereocenters. The number of nitrogens with zero attached hydrogens (tertiary/aromatic N) is 3. The normalized spacial score (nSPS) is 16.1. The molecule has 1 aromatic heterocycles. The zero-order valence-corrected chi connectivity index (χ0v) is 9.54. The minimum Gasteiger partial charge on any atom is -0.350 e. The summed E-state index contributed by atoms with van der Waals surface area (Å²) in [6.45, 7) is 5.18. The van der Waals surface area contributed by atoms with Gasteiger partial charge in [0, 0.05) is 19.6 Å². The van der Waals surface area contributed by atoms with Crippen LogP contribution >= 0.6 is 11.6 Å². The van der Waals surface area contributed by atoms with Gasteiger partial charge in [-0.3, -0.25) is 0 Å². The zero-order chi connectivity index (χ0) is 10.7. The van der Waals surface area contributed by atoms with Gasteiger partial charge in [-0.2, -0.15) is 0 Å². The van der Waals surface area contributed by atoms with E-state index in [0.29, 0.717) is 11.1 Å². The third-order valence-corrected chi connectivity index (χ3v) is 2.85. The summed E-state index contributed by atoms with van der Waals surface area (Å²) in [5, 5.41) is 3.90. The predicted octanol–water partition coefficient (Wildman–Crippen LogP) is 1.32. The van der Waals surface area contributed by atoms with E-state index in [2.05, 4.69) is 27.1 Å². The van der Waals surface area contributed by atoms with E-state index in [1.165, 1.54) is 0 Å². The van der Waals surface area contributed by atoms with Gasteiger partial charge in [0.1, 0.15) is 11.3 Å². The Labute approximate surface area is 94.7 Å². The summed E-state index contributed by atoms with van der Waals surface area (Å²) < 4.78 is 0. The summed E-state index contributed by atoms with van der Waals surface area (Å²) in [4.78, 5) is 10.4. The fourth-order valence-electron chi connectivity index (χ4n) is 1.71. The second-order valence-corrected chi connectivity index (χ2v) is 4.11. The van der Waals surface area contributed by atoms with Gasteiger partial charge in [-0.05, 0) is 6.42 Å². The van der Waals surface area contributed by atoms with Crippen molar-refractivity contribution < 1.29 is 0 Å². The summed E-state index contributed by atoms with van der Waals surface area (Å²) in [5.74, 6) is 0.861. The van der Waals surface area contributed by atoms with Crippen LogP contribution in [0.5, 0.6) is 0 Å². The minimum absolute atomic E-state index is 0.525. The van der Waals surface area contributed by atoms with Gasteiger partial charge in [0.15, 0.2) is 5.82 Å². The largest absolute Gasteiger partial charge is 0.350 e. The second kappa shape index (κ2) is 4.77. The molecular weight excluding hydrogens is 212 g/mol. The quantitative estimate of drug-likeness (QED) is 0.841. The van der Waals surface area contributed by atoms with Gasteiger partial charge < -0.3 is 10.2 Å². The van der Waals surface area contributed by atoms with E-state index in [4.69, 9.17) is 11.6 Å². The Kier molecular flexibility index (Phi) is 3.38. The lowest BCUT2D eigenvalue weighted by atomic mass is 10.1. The third kappa shape index (κ3) is 2.21. The minimum atomic E-state index is 0.525. The molecule has 1 aromatic rings. The van der Waals surface area contributed by atoms with Crippen LogP contribution in [-0.2, 0) is 0 Å². The topological polar surface area (TPSA) is 41.1 Å². The molecule has 0 spiro atoms. The van der Waals surface area contributed by atoms with Crippen LogP contribution in [0.25, 0.3) is 0 Å². The van der Waals surface area contributed by atoms with Crippen LogP contribution < -0.4 is 10.2 Å². The fraction of sp³-hybridized carbons (Fsp3) is 0.600. The lowest BCUT2D eigenvalue weighted by Crippen LogP contribution is -2.57. The van der Waals surface area contributed by atoms with E-state index < -0.39 is 0 Å². The highest BCUT2D eigenvalue weighted by molar-refractivity contribution is 6.32. The molecule has 0 atom stereocenters. The molecule has 0 bridgehead atoms. The van der Waals surface area contributed by atoms with Crippen LogP contribution in [0.4, 0.5) is 5.82 Å². The lowest BCUT2D eigenvalue weighted by molar-refractivity contribution is 0.410. The van der Waals surface area contributed by atoms with Crippen molar-refractivity contribution in [1.29, 1.82) is 0 Å². The van der Waals surface area contributed by atoms with Crippen LogP contribution in [0, 0.1) is 0 Å². The Bertz CT molecular complexity index is 327. The number of hydrogen-bond donors (Lipinski definition) is 1. The molecule has 2 rings (SSSR count). The molecule has 1 aliphatic rings. The summed E-state index contributed by atoms with van der Waals surface area (Å²) in [7, 11) is 0. The Hall–Kier alpha value is -0.870. The number of anilines is 1. The maximum atomic E-state index is 6.09. The monoisotopic (exact) mass is 226 g/mol. The average molecular weight is 227 g/mol. The molecule has 0 saturated carbocycles. The van der Waals surface area contributed by atoms with Gasteiger partial charge in [-0.25, -0.2) is 9.97 Å². The van der Waals surface area contributed by atoms with Gasteiger partial charge >= 0.3 is 0 Å². The molecule has 82 valence electrons. The average Bonchev–Trinajstić information content (AvgIpc) is 2.15. The van der Waals surface area contributed by atoms with Crippen LogP contribution in [0.2, 0.25) is 5.02 Å². The van der Waals surface area contributed by atoms with Crippen LogP contribution in [0.1, 0.15) is 13.3 Å². The highest BCUT2D eigenvalue weighted by atomic mass is 35.5. The highest BCUT2D eigenvalue weighted by Crippen LogP contribution is 2.24. The van der Waals surface area contributed by atoms with Crippen LogP contribution in [0.15, 0.2) is 12.5 Å². The van der Waals surface area contributed by atoms with Crippen LogP contribution in [-0.4, -0.2) is 35.6 Å². The number of aromatic nitrogens is 2. The van der Waals surface area contributed by atoms with Crippen molar-refractivity contribution in [3.63, 3.8) is 0 Å².